The summed E-state index contributed by atoms with van der Waals surface area (Å²) in [7, 11) is 0. The number of halogens is 2. The highest BCUT2D eigenvalue weighted by molar-refractivity contribution is 6.36. The molecule has 2 N–H and O–H groups in total. The van der Waals surface area contributed by atoms with Crippen molar-refractivity contribution in [3.8, 4) is 0 Å². The summed E-state index contributed by atoms with van der Waals surface area (Å²) in [6, 6.07) is 13.7. The van der Waals surface area contributed by atoms with Crippen LogP contribution in [0.15, 0.2) is 73.0 Å². The van der Waals surface area contributed by atoms with Crippen molar-refractivity contribution in [2.45, 2.75) is 128 Å². The molecule has 0 radical (unpaired) electrons. The third-order valence-corrected chi connectivity index (χ3v) is 7.70. The molecule has 4 atom stereocenters. The van der Waals surface area contributed by atoms with E-state index >= 15 is 0 Å². The van der Waals surface area contributed by atoms with Crippen LogP contribution >= 0.6 is 23.2 Å². The zero-order chi connectivity index (χ0) is 39.9. The largest absolute Gasteiger partial charge is 0.462 e. The Morgan fingerprint density at radius 2 is 1.43 bits per heavy atom. The maximum atomic E-state index is 12.5. The van der Waals surface area contributed by atoms with Gasteiger partial charge in [-0.25, -0.2) is 0 Å². The van der Waals surface area contributed by atoms with E-state index in [2.05, 4.69) is 54.5 Å². The number of benzene rings is 2. The normalized spacial score (nSPS) is 12.5. The number of carbonyl (C=O) groups is 3. The van der Waals surface area contributed by atoms with Gasteiger partial charge in [0.2, 0.25) is 5.91 Å². The van der Waals surface area contributed by atoms with Crippen molar-refractivity contribution in [3.05, 3.63) is 99.7 Å². The smallest absolute Gasteiger partial charge is 0.310 e. The number of nitrogens with one attached hydrogen (secondary N) is 2. The summed E-state index contributed by atoms with van der Waals surface area (Å²) in [5.74, 6) is -0.179. The molecule has 2 aromatic carbocycles. The number of amides is 1. The lowest BCUT2D eigenvalue weighted by molar-refractivity contribution is -0.152. The average molecular weight is 748 g/mol. The topological polar surface area (TPSA) is 84.5 Å². The van der Waals surface area contributed by atoms with Crippen molar-refractivity contribution in [1.29, 1.82) is 0 Å². The lowest BCUT2D eigenvalue weighted by Crippen LogP contribution is -2.45. The summed E-state index contributed by atoms with van der Waals surface area (Å²) < 4.78 is 5.32. The summed E-state index contributed by atoms with van der Waals surface area (Å²) in [6.07, 6.45) is 11.6. The second-order valence-corrected chi connectivity index (χ2v) is 12.7. The van der Waals surface area contributed by atoms with E-state index in [0.717, 1.165) is 40.4 Å². The molecule has 0 heterocycles. The minimum absolute atomic E-state index is 0.112. The molecule has 1 amide bonds. The maximum Gasteiger partial charge on any atom is 0.310 e. The Labute approximate surface area is 321 Å². The summed E-state index contributed by atoms with van der Waals surface area (Å²) in [5, 5.41) is 7.50. The summed E-state index contributed by atoms with van der Waals surface area (Å²) in [4.78, 5) is 34.0. The van der Waals surface area contributed by atoms with Crippen LogP contribution in [0.2, 0.25) is 10.0 Å². The molecule has 0 aliphatic carbocycles. The highest BCUT2D eigenvalue weighted by Crippen LogP contribution is 2.24. The molecule has 8 heteroatoms. The molecule has 0 aliphatic rings. The first-order chi connectivity index (χ1) is 24.1. The van der Waals surface area contributed by atoms with E-state index < -0.39 is 6.04 Å². The van der Waals surface area contributed by atoms with Crippen LogP contribution in [0.4, 0.5) is 0 Å². The molecule has 0 saturated carbocycles. The van der Waals surface area contributed by atoms with Gasteiger partial charge in [-0.05, 0) is 101 Å². The van der Waals surface area contributed by atoms with E-state index in [1.54, 1.807) is 6.92 Å². The molecule has 51 heavy (non-hydrogen) atoms. The molecule has 0 bridgehead atoms. The average Bonchev–Trinajstić information content (AvgIpc) is 3.11. The molecule has 0 aromatic heterocycles. The third kappa shape index (κ3) is 28.0. The van der Waals surface area contributed by atoms with E-state index in [1.807, 2.05) is 98.7 Å². The Balaban J connectivity index is -0.00000105. The van der Waals surface area contributed by atoms with Gasteiger partial charge in [0.1, 0.15) is 11.8 Å². The fourth-order valence-corrected chi connectivity index (χ4v) is 4.37. The highest BCUT2D eigenvalue weighted by Gasteiger charge is 2.21. The quantitative estimate of drug-likeness (QED) is 0.140. The third-order valence-electron chi connectivity index (χ3n) is 6.91. The summed E-state index contributed by atoms with van der Waals surface area (Å²) in [6.45, 7) is 28.9. The standard InChI is InChI=1S/C28H42N2O3.C8H8Cl2.C3H6O.2C2H6/c1-7-24(6)33-28(32)22(4)20-29-27(31)26(8-2)30-23(5)15-13-12-14-21(3)18-19-25-16-10-9-11-17-25;1-5-3-7(9)6(2)8(10)4-5;1-3(2)4;2*1-2/h9-11,13,15-19,21-22,24,26,30H,5,7-8,12,14,20H2,1-4,6H3,(H,29,31);3-4H,1-2H3;1-2H3;2*1-2H3/b15-13+,19-18+;;;;/t21?,22?,24?,26-;;;;/m1..../s1. The van der Waals surface area contributed by atoms with E-state index in [9.17, 15) is 14.4 Å². The molecule has 6 nitrogen and oxygen atoms in total. The van der Waals surface area contributed by atoms with Crippen LogP contribution < -0.4 is 10.6 Å². The van der Waals surface area contributed by atoms with Gasteiger partial charge in [0, 0.05) is 22.3 Å². The van der Waals surface area contributed by atoms with Gasteiger partial charge in [-0.15, -0.1) is 0 Å². The van der Waals surface area contributed by atoms with Gasteiger partial charge in [-0.3, -0.25) is 9.59 Å². The summed E-state index contributed by atoms with van der Waals surface area (Å²) >= 11 is 11.7. The Hall–Kier alpha value is -3.35. The van der Waals surface area contributed by atoms with Gasteiger partial charge in [0.15, 0.2) is 0 Å². The minimum Gasteiger partial charge on any atom is -0.462 e. The van der Waals surface area contributed by atoms with Crippen molar-refractivity contribution in [1.82, 2.24) is 10.6 Å². The van der Waals surface area contributed by atoms with Gasteiger partial charge in [-0.2, -0.15) is 0 Å². The SMILES string of the molecule is C=C(/C=C/CCC(C)/C=C/c1ccccc1)N[C@H](CC)C(=O)NCC(C)C(=O)OC(C)CC.CC.CC.CC(C)=O.Cc1cc(Cl)c(C)c(Cl)c1. The molecule has 2 aromatic rings. The van der Waals surface area contributed by atoms with Crippen LogP contribution in [0.5, 0.6) is 0 Å². The van der Waals surface area contributed by atoms with Crippen LogP contribution in [0.3, 0.4) is 0 Å². The van der Waals surface area contributed by atoms with E-state index in [1.165, 1.54) is 19.4 Å². The lowest BCUT2D eigenvalue weighted by atomic mass is 10.0. The molecule has 0 fully saturated rings. The first kappa shape index (κ1) is 52.0. The van der Waals surface area contributed by atoms with Crippen LogP contribution in [-0.2, 0) is 19.1 Å². The molecule has 3 unspecified atom stereocenters. The maximum absolute atomic E-state index is 12.5. The number of carbonyl (C=O) groups excluding carboxylic acids is 3. The van der Waals surface area contributed by atoms with Gasteiger partial charge in [0.05, 0.1) is 12.0 Å². The number of ether oxygens (including phenoxy) is 1. The fraction of sp³-hybridized carbons (Fsp3) is 0.512. The Bertz CT molecular complexity index is 1280. The van der Waals surface area contributed by atoms with Gasteiger partial charge < -0.3 is 20.2 Å². The highest BCUT2D eigenvalue weighted by atomic mass is 35.5. The van der Waals surface area contributed by atoms with Crippen LogP contribution in [-0.4, -0.2) is 36.4 Å². The fourth-order valence-electron chi connectivity index (χ4n) is 3.78. The van der Waals surface area contributed by atoms with Crippen molar-refractivity contribution in [3.63, 3.8) is 0 Å². The Morgan fingerprint density at radius 1 is 0.902 bits per heavy atom. The van der Waals surface area contributed by atoms with Crippen LogP contribution in [0, 0.1) is 25.7 Å². The second kappa shape index (κ2) is 32.6. The predicted octanol–water partition coefficient (Wildman–Crippen LogP) is 11.9. The Morgan fingerprint density at radius 3 is 1.92 bits per heavy atom. The zero-order valence-corrected chi connectivity index (χ0v) is 35.3. The van der Waals surface area contributed by atoms with Crippen LogP contribution in [0.25, 0.3) is 6.08 Å². The number of allylic oxidation sites excluding steroid dienone is 3. The second-order valence-electron chi connectivity index (χ2n) is 11.9. The van der Waals surface area contributed by atoms with Gasteiger partial charge in [-0.1, -0.05) is 134 Å². The van der Waals surface area contributed by atoms with E-state index in [-0.39, 0.29) is 36.2 Å². The molecule has 2 rings (SSSR count). The predicted molar refractivity (Wildman–Crippen MR) is 222 cm³/mol. The number of esters is 1. The van der Waals surface area contributed by atoms with Crippen molar-refractivity contribution < 1.29 is 19.1 Å². The molecule has 0 saturated heterocycles. The number of hydrogen-bond donors (Lipinski definition) is 2. The molecule has 0 spiro atoms. The van der Waals surface area contributed by atoms with Crippen LogP contribution in [0.1, 0.15) is 119 Å². The van der Waals surface area contributed by atoms with Gasteiger partial charge in [0.25, 0.3) is 0 Å². The Kier molecular flexibility index (Phi) is 33.2. The monoisotopic (exact) mass is 746 g/mol. The van der Waals surface area contributed by atoms with Crippen molar-refractivity contribution in [2.75, 3.05) is 6.54 Å². The molecule has 0 aliphatic heterocycles. The minimum atomic E-state index is -0.396. The molecule has 288 valence electrons. The molecular formula is C43H68Cl2N2O4. The van der Waals surface area contributed by atoms with Crippen molar-refractivity contribution in [2.24, 2.45) is 11.8 Å². The van der Waals surface area contributed by atoms with Crippen molar-refractivity contribution >= 4 is 46.9 Å². The van der Waals surface area contributed by atoms with E-state index in [0.29, 0.717) is 18.0 Å². The zero-order valence-electron chi connectivity index (χ0n) is 33.8. The number of aryl methyl sites for hydroxylation is 1. The van der Waals surface area contributed by atoms with Gasteiger partial charge >= 0.3 is 5.97 Å². The number of hydrogen-bond acceptors (Lipinski definition) is 5. The first-order valence-electron chi connectivity index (χ1n) is 18.3. The first-order valence-corrected chi connectivity index (χ1v) is 19.1. The molecular weight excluding hydrogens is 679 g/mol. The summed E-state index contributed by atoms with van der Waals surface area (Å²) in [5.41, 5.74) is 3.96. The number of ketones is 1. The number of Topliss-reactive ketones (excluding diaryl/α,β-unsaturated/α-hetero) is 1. The number of rotatable bonds is 15. The van der Waals surface area contributed by atoms with E-state index in [4.69, 9.17) is 27.9 Å². The lowest BCUT2D eigenvalue weighted by Gasteiger charge is -2.20.